The van der Waals surface area contributed by atoms with Crippen molar-refractivity contribution in [3.05, 3.63) is 84.7 Å². The number of urea groups is 1. The number of anilines is 1. The van der Waals surface area contributed by atoms with Crippen LogP contribution in [-0.2, 0) is 4.79 Å². The second-order valence-electron chi connectivity index (χ2n) is 5.59. The van der Waals surface area contributed by atoms with Crippen LogP contribution in [0.3, 0.4) is 0 Å². The molecule has 2 aromatic carbocycles. The van der Waals surface area contributed by atoms with Crippen molar-refractivity contribution in [2.75, 3.05) is 5.32 Å². The summed E-state index contributed by atoms with van der Waals surface area (Å²) in [5, 5.41) is 14.5. The lowest BCUT2D eigenvalue weighted by Gasteiger charge is -2.15. The monoisotopic (exact) mass is 347 g/mol. The van der Waals surface area contributed by atoms with Crippen LogP contribution in [0, 0.1) is 0 Å². The first-order valence-electron chi connectivity index (χ1n) is 7.99. The number of benzene rings is 2. The maximum Gasteiger partial charge on any atom is 0.330 e. The molecule has 0 aliphatic heterocycles. The fraction of sp³-hybridized carbons (Fsp3) is 0.0500. The third kappa shape index (κ3) is 4.24. The molecule has 3 aromatic rings. The van der Waals surface area contributed by atoms with E-state index >= 15 is 0 Å². The number of carboxylic acids is 1. The number of nitrogens with one attached hydrogen (secondary N) is 2. The molecule has 26 heavy (non-hydrogen) atoms. The third-order valence-electron chi connectivity index (χ3n) is 3.81. The Labute approximate surface area is 150 Å². The molecule has 3 rings (SSSR count). The quantitative estimate of drug-likeness (QED) is 0.656. The summed E-state index contributed by atoms with van der Waals surface area (Å²) in [6.45, 7) is 0. The van der Waals surface area contributed by atoms with Gasteiger partial charge >= 0.3 is 12.0 Å². The highest BCUT2D eigenvalue weighted by atomic mass is 16.4. The summed E-state index contributed by atoms with van der Waals surface area (Å²) in [4.78, 5) is 27.6. The molecule has 2 amide bonds. The highest BCUT2D eigenvalue weighted by molar-refractivity contribution is 5.92. The van der Waals surface area contributed by atoms with Gasteiger partial charge in [0.05, 0.1) is 0 Å². The lowest BCUT2D eigenvalue weighted by atomic mass is 10.1. The molecule has 0 radical (unpaired) electrons. The molecule has 1 aromatic heterocycles. The van der Waals surface area contributed by atoms with E-state index in [-0.39, 0.29) is 0 Å². The Morgan fingerprint density at radius 3 is 2.08 bits per heavy atom. The van der Waals surface area contributed by atoms with Gasteiger partial charge in [0.25, 0.3) is 0 Å². The Morgan fingerprint density at radius 1 is 0.846 bits per heavy atom. The number of carboxylic acid groups (broad SMARTS) is 1. The zero-order chi connectivity index (χ0) is 18.4. The standard InChI is InChI=1S/C20H17N3O3/c24-19(25)18(16-4-2-1-3-5-16)23-20(26)22-17-8-6-14(7-9-17)15-10-12-21-13-11-15/h1-13,18H,(H,24,25)(H2,22,23,26)/t18-/m1/s1. The molecule has 6 nitrogen and oxygen atoms in total. The largest absolute Gasteiger partial charge is 0.479 e. The molecule has 0 fully saturated rings. The Morgan fingerprint density at radius 2 is 1.46 bits per heavy atom. The average Bonchev–Trinajstić information content (AvgIpc) is 2.68. The van der Waals surface area contributed by atoms with Crippen LogP contribution in [0.5, 0.6) is 0 Å². The van der Waals surface area contributed by atoms with Crippen molar-refractivity contribution in [2.45, 2.75) is 6.04 Å². The Hall–Kier alpha value is -3.67. The summed E-state index contributed by atoms with van der Waals surface area (Å²) in [6.07, 6.45) is 3.43. The molecule has 0 saturated heterocycles. The van der Waals surface area contributed by atoms with E-state index in [2.05, 4.69) is 15.6 Å². The van der Waals surface area contributed by atoms with Gasteiger partial charge in [-0.05, 0) is 41.0 Å². The lowest BCUT2D eigenvalue weighted by molar-refractivity contribution is -0.139. The van der Waals surface area contributed by atoms with Crippen LogP contribution >= 0.6 is 0 Å². The van der Waals surface area contributed by atoms with Crippen molar-refractivity contribution < 1.29 is 14.7 Å². The maximum absolute atomic E-state index is 12.2. The molecule has 0 bridgehead atoms. The second kappa shape index (κ2) is 7.94. The number of nitrogens with zero attached hydrogens (tertiary/aromatic N) is 1. The van der Waals surface area contributed by atoms with E-state index in [0.717, 1.165) is 11.1 Å². The summed E-state index contributed by atoms with van der Waals surface area (Å²) in [6, 6.07) is 17.9. The highest BCUT2D eigenvalue weighted by Crippen LogP contribution is 2.20. The molecule has 1 heterocycles. The van der Waals surface area contributed by atoms with E-state index in [0.29, 0.717) is 11.3 Å². The molecule has 0 saturated carbocycles. The Bertz CT molecular complexity index is 881. The minimum Gasteiger partial charge on any atom is -0.479 e. The van der Waals surface area contributed by atoms with Crippen molar-refractivity contribution in [1.29, 1.82) is 0 Å². The minimum absolute atomic E-state index is 0.503. The smallest absolute Gasteiger partial charge is 0.330 e. The van der Waals surface area contributed by atoms with Crippen LogP contribution < -0.4 is 10.6 Å². The van der Waals surface area contributed by atoms with Crippen molar-refractivity contribution in [3.8, 4) is 11.1 Å². The number of hydrogen-bond donors (Lipinski definition) is 3. The fourth-order valence-corrected chi connectivity index (χ4v) is 2.52. The lowest BCUT2D eigenvalue weighted by Crippen LogP contribution is -2.36. The summed E-state index contributed by atoms with van der Waals surface area (Å²) < 4.78 is 0. The first kappa shape index (κ1) is 17.2. The molecule has 0 unspecified atom stereocenters. The Balaban J connectivity index is 1.67. The van der Waals surface area contributed by atoms with E-state index < -0.39 is 18.0 Å². The van der Waals surface area contributed by atoms with Gasteiger partial charge < -0.3 is 15.7 Å². The fourth-order valence-electron chi connectivity index (χ4n) is 2.52. The molecule has 6 heteroatoms. The minimum atomic E-state index is -1.13. The number of rotatable bonds is 5. The van der Waals surface area contributed by atoms with E-state index in [1.54, 1.807) is 54.9 Å². The first-order valence-corrected chi connectivity index (χ1v) is 7.99. The summed E-state index contributed by atoms with van der Waals surface area (Å²) >= 11 is 0. The van der Waals surface area contributed by atoms with Crippen LogP contribution in [0.15, 0.2) is 79.1 Å². The van der Waals surface area contributed by atoms with Gasteiger partial charge in [-0.2, -0.15) is 0 Å². The van der Waals surface area contributed by atoms with Crippen LogP contribution in [0.4, 0.5) is 10.5 Å². The van der Waals surface area contributed by atoms with Gasteiger partial charge in [-0.15, -0.1) is 0 Å². The van der Waals surface area contributed by atoms with Crippen LogP contribution in [0.25, 0.3) is 11.1 Å². The molecule has 0 aliphatic rings. The molecule has 0 aliphatic carbocycles. The zero-order valence-electron chi connectivity index (χ0n) is 13.8. The first-order chi connectivity index (χ1) is 12.6. The van der Waals surface area contributed by atoms with Gasteiger partial charge in [0.15, 0.2) is 6.04 Å². The number of hydrogen-bond acceptors (Lipinski definition) is 3. The topological polar surface area (TPSA) is 91.3 Å². The number of aliphatic carboxylic acids is 1. The summed E-state index contributed by atoms with van der Waals surface area (Å²) in [5.74, 6) is -1.13. The number of pyridine rings is 1. The normalized spacial score (nSPS) is 11.4. The van der Waals surface area contributed by atoms with E-state index in [4.69, 9.17) is 0 Å². The van der Waals surface area contributed by atoms with E-state index in [1.807, 2.05) is 24.3 Å². The van der Waals surface area contributed by atoms with Gasteiger partial charge in [-0.25, -0.2) is 9.59 Å². The van der Waals surface area contributed by atoms with Gasteiger partial charge in [0.2, 0.25) is 0 Å². The van der Waals surface area contributed by atoms with E-state index in [1.165, 1.54) is 0 Å². The molecular weight excluding hydrogens is 330 g/mol. The van der Waals surface area contributed by atoms with Gasteiger partial charge in [0, 0.05) is 18.1 Å². The molecule has 0 spiro atoms. The predicted octanol–water partition coefficient (Wildman–Crippen LogP) is 3.70. The number of carbonyl (C=O) groups is 2. The molecular formula is C20H17N3O3. The van der Waals surface area contributed by atoms with Crippen molar-refractivity contribution in [2.24, 2.45) is 0 Å². The Kier molecular flexibility index (Phi) is 5.24. The van der Waals surface area contributed by atoms with Crippen molar-refractivity contribution in [1.82, 2.24) is 10.3 Å². The van der Waals surface area contributed by atoms with Gasteiger partial charge in [-0.1, -0.05) is 42.5 Å². The zero-order valence-corrected chi connectivity index (χ0v) is 13.8. The molecule has 1 atom stereocenters. The summed E-state index contributed by atoms with van der Waals surface area (Å²) in [5.41, 5.74) is 3.08. The van der Waals surface area contributed by atoms with Crippen molar-refractivity contribution in [3.63, 3.8) is 0 Å². The number of amides is 2. The highest BCUT2D eigenvalue weighted by Gasteiger charge is 2.21. The average molecular weight is 347 g/mol. The van der Waals surface area contributed by atoms with Crippen LogP contribution in [-0.4, -0.2) is 22.1 Å². The van der Waals surface area contributed by atoms with E-state index in [9.17, 15) is 14.7 Å². The second-order valence-corrected chi connectivity index (χ2v) is 5.59. The van der Waals surface area contributed by atoms with Crippen molar-refractivity contribution >= 4 is 17.7 Å². The molecule has 130 valence electrons. The molecule has 3 N–H and O–H groups in total. The summed E-state index contributed by atoms with van der Waals surface area (Å²) in [7, 11) is 0. The third-order valence-corrected chi connectivity index (χ3v) is 3.81. The van der Waals surface area contributed by atoms with Crippen LogP contribution in [0.1, 0.15) is 11.6 Å². The van der Waals surface area contributed by atoms with Gasteiger partial charge in [0.1, 0.15) is 0 Å². The maximum atomic E-state index is 12.2. The van der Waals surface area contributed by atoms with Gasteiger partial charge in [-0.3, -0.25) is 4.98 Å². The van der Waals surface area contributed by atoms with Crippen LogP contribution in [0.2, 0.25) is 0 Å². The predicted molar refractivity (Wildman–Crippen MR) is 98.6 cm³/mol. The SMILES string of the molecule is O=C(Nc1ccc(-c2ccncc2)cc1)N[C@@H](C(=O)O)c1ccccc1. The number of carbonyl (C=O) groups excluding carboxylic acids is 1. The number of aromatic nitrogens is 1.